The summed E-state index contributed by atoms with van der Waals surface area (Å²) in [7, 11) is 5.09. The van der Waals surface area contributed by atoms with Gasteiger partial charge in [-0.15, -0.1) is 0 Å². The Balaban J connectivity index is 1.51. The summed E-state index contributed by atoms with van der Waals surface area (Å²) < 4.78 is 40.4. The zero-order chi connectivity index (χ0) is 30.3. The van der Waals surface area contributed by atoms with E-state index in [1.54, 1.807) is 33.3 Å². The van der Waals surface area contributed by atoms with Gasteiger partial charge in [-0.3, -0.25) is 9.59 Å². The number of alkyl halides is 3. The SMILES string of the molecule is C[C@@H](Nc1nc(C2CC2)nc2ccc(N(C)c3c[nH]c(=O)c(CC(=O)N(C)C)c3)cc12)c1cc(N)cc(C(F)(F)F)c1. The molecular formula is C30H32F3N7O2. The number of hydrogen-bond acceptors (Lipinski definition) is 7. The molecule has 1 saturated carbocycles. The van der Waals surface area contributed by atoms with Crippen molar-refractivity contribution in [2.24, 2.45) is 0 Å². The highest BCUT2D eigenvalue weighted by Gasteiger charge is 2.32. The van der Waals surface area contributed by atoms with Crippen LogP contribution in [0.5, 0.6) is 0 Å². The number of carbonyl (C=O) groups excluding carboxylic acids is 1. The third-order valence-corrected chi connectivity index (χ3v) is 7.38. The van der Waals surface area contributed by atoms with Crippen LogP contribution in [0, 0.1) is 0 Å². The first-order chi connectivity index (χ1) is 19.8. The number of nitrogen functional groups attached to an aromatic ring is 1. The summed E-state index contributed by atoms with van der Waals surface area (Å²) in [6, 6.07) is 10.3. The highest BCUT2D eigenvalue weighted by atomic mass is 19.4. The molecule has 2 aromatic heterocycles. The number of pyridine rings is 1. The van der Waals surface area contributed by atoms with Gasteiger partial charge in [-0.2, -0.15) is 13.2 Å². The lowest BCUT2D eigenvalue weighted by Gasteiger charge is -2.22. The molecule has 1 amide bonds. The number of nitrogens with two attached hydrogens (primary N) is 1. The summed E-state index contributed by atoms with van der Waals surface area (Å²) in [5.74, 6) is 1.25. The van der Waals surface area contributed by atoms with E-state index in [1.165, 1.54) is 11.0 Å². The van der Waals surface area contributed by atoms with Crippen molar-refractivity contribution in [3.05, 3.63) is 81.5 Å². The summed E-state index contributed by atoms with van der Waals surface area (Å²) in [4.78, 5) is 40.1. The van der Waals surface area contributed by atoms with Crippen LogP contribution in [0.15, 0.2) is 53.5 Å². The fraction of sp³-hybridized carbons (Fsp3) is 0.333. The maximum Gasteiger partial charge on any atom is 0.416 e. The van der Waals surface area contributed by atoms with E-state index < -0.39 is 17.8 Å². The van der Waals surface area contributed by atoms with Crippen LogP contribution >= 0.6 is 0 Å². The molecular weight excluding hydrogens is 547 g/mol. The molecule has 2 aromatic carbocycles. The first-order valence-electron chi connectivity index (χ1n) is 13.5. The van der Waals surface area contributed by atoms with Crippen molar-refractivity contribution in [3.8, 4) is 0 Å². The van der Waals surface area contributed by atoms with Gasteiger partial charge < -0.3 is 25.8 Å². The van der Waals surface area contributed by atoms with Crippen molar-refractivity contribution < 1.29 is 18.0 Å². The molecule has 0 unspecified atom stereocenters. The van der Waals surface area contributed by atoms with Crippen LogP contribution in [0.3, 0.4) is 0 Å². The summed E-state index contributed by atoms with van der Waals surface area (Å²) in [5, 5.41) is 3.99. The molecule has 0 bridgehead atoms. The van der Waals surface area contributed by atoms with Gasteiger partial charge in [-0.1, -0.05) is 0 Å². The zero-order valence-electron chi connectivity index (χ0n) is 23.7. The Kier molecular flexibility index (Phi) is 7.56. The standard InChI is InChI=1S/C30H32F3N7O2/c1-16(18-9-20(30(31,32)33)13-21(34)10-18)36-28-24-14-22(7-8-25(24)37-27(38-28)17-5-6-17)40(4)23-11-19(29(42)35-15-23)12-26(41)39(2)3/h7-11,13-17H,5-6,12,34H2,1-4H3,(H,35,42)(H,36,37,38)/t16-/m1/s1. The number of H-pyrrole nitrogens is 1. The van der Waals surface area contributed by atoms with Crippen molar-refractivity contribution in [2.45, 2.75) is 44.3 Å². The number of aromatic nitrogens is 3. The van der Waals surface area contributed by atoms with E-state index in [2.05, 4.69) is 10.3 Å². The Hall–Kier alpha value is -4.61. The van der Waals surface area contributed by atoms with Crippen molar-refractivity contribution in [1.29, 1.82) is 0 Å². The normalized spacial score (nSPS) is 14.1. The number of halogens is 3. The lowest BCUT2D eigenvalue weighted by atomic mass is 10.0. The Morgan fingerprint density at radius 1 is 1.10 bits per heavy atom. The van der Waals surface area contributed by atoms with E-state index in [-0.39, 0.29) is 29.5 Å². The van der Waals surface area contributed by atoms with Gasteiger partial charge in [0.25, 0.3) is 5.56 Å². The van der Waals surface area contributed by atoms with E-state index >= 15 is 0 Å². The number of amides is 1. The monoisotopic (exact) mass is 579 g/mol. The molecule has 42 heavy (non-hydrogen) atoms. The van der Waals surface area contributed by atoms with Crippen LogP contribution in [-0.2, 0) is 17.4 Å². The van der Waals surface area contributed by atoms with Crippen LogP contribution in [-0.4, -0.2) is 46.9 Å². The van der Waals surface area contributed by atoms with Crippen molar-refractivity contribution in [3.63, 3.8) is 0 Å². The highest BCUT2D eigenvalue weighted by molar-refractivity contribution is 5.92. The Bertz CT molecular complexity index is 1710. The number of carbonyl (C=O) groups is 1. The minimum Gasteiger partial charge on any atom is -0.399 e. The zero-order valence-corrected chi connectivity index (χ0v) is 23.7. The second kappa shape index (κ2) is 11.0. The molecule has 12 heteroatoms. The minimum absolute atomic E-state index is 0.0242. The van der Waals surface area contributed by atoms with Gasteiger partial charge in [0, 0.05) is 55.6 Å². The molecule has 1 aliphatic carbocycles. The van der Waals surface area contributed by atoms with Crippen molar-refractivity contribution >= 4 is 39.7 Å². The number of anilines is 4. The Morgan fingerprint density at radius 3 is 2.50 bits per heavy atom. The third kappa shape index (κ3) is 6.17. The van der Waals surface area contributed by atoms with Crippen LogP contribution in [0.2, 0.25) is 0 Å². The third-order valence-electron chi connectivity index (χ3n) is 7.38. The fourth-order valence-corrected chi connectivity index (χ4v) is 4.67. The van der Waals surface area contributed by atoms with Crippen molar-refractivity contribution in [1.82, 2.24) is 19.9 Å². The fourth-order valence-electron chi connectivity index (χ4n) is 4.67. The highest BCUT2D eigenvalue weighted by Crippen LogP contribution is 2.41. The van der Waals surface area contributed by atoms with E-state index in [0.29, 0.717) is 39.4 Å². The topological polar surface area (TPSA) is 120 Å². The van der Waals surface area contributed by atoms with Gasteiger partial charge >= 0.3 is 6.18 Å². The number of aromatic amines is 1. The lowest BCUT2D eigenvalue weighted by Crippen LogP contribution is -2.27. The van der Waals surface area contributed by atoms with Crippen LogP contribution < -0.4 is 21.5 Å². The summed E-state index contributed by atoms with van der Waals surface area (Å²) >= 11 is 0. The van der Waals surface area contributed by atoms with E-state index in [1.807, 2.05) is 30.1 Å². The van der Waals surface area contributed by atoms with Crippen molar-refractivity contribution in [2.75, 3.05) is 37.1 Å². The van der Waals surface area contributed by atoms with Gasteiger partial charge in [0.15, 0.2) is 0 Å². The van der Waals surface area contributed by atoms with Gasteiger partial charge in [-0.05, 0) is 67.8 Å². The molecule has 1 atom stereocenters. The Morgan fingerprint density at radius 2 is 1.83 bits per heavy atom. The Labute approximate surface area is 240 Å². The second-order valence-corrected chi connectivity index (χ2v) is 10.9. The number of benzene rings is 2. The lowest BCUT2D eigenvalue weighted by molar-refractivity contribution is -0.137. The predicted molar refractivity (Wildman–Crippen MR) is 157 cm³/mol. The second-order valence-electron chi connectivity index (χ2n) is 10.9. The van der Waals surface area contributed by atoms with Gasteiger partial charge in [0.2, 0.25) is 5.91 Å². The first-order valence-corrected chi connectivity index (χ1v) is 13.5. The quantitative estimate of drug-likeness (QED) is 0.240. The number of likely N-dealkylation sites (N-methyl/N-ethyl adjacent to an activating group) is 1. The van der Waals surface area contributed by atoms with Crippen LogP contribution in [0.1, 0.15) is 54.2 Å². The molecule has 1 fully saturated rings. The number of hydrogen-bond donors (Lipinski definition) is 3. The number of nitrogens with one attached hydrogen (secondary N) is 2. The number of nitrogens with zero attached hydrogens (tertiary/aromatic N) is 4. The molecule has 2 heterocycles. The van der Waals surface area contributed by atoms with Crippen LogP contribution in [0.4, 0.5) is 36.1 Å². The average molecular weight is 580 g/mol. The average Bonchev–Trinajstić information content (AvgIpc) is 3.78. The number of rotatable bonds is 8. The first kappa shape index (κ1) is 28.9. The molecule has 9 nitrogen and oxygen atoms in total. The molecule has 220 valence electrons. The van der Waals surface area contributed by atoms with Gasteiger partial charge in [0.05, 0.1) is 29.2 Å². The molecule has 5 rings (SSSR count). The smallest absolute Gasteiger partial charge is 0.399 e. The molecule has 4 aromatic rings. The summed E-state index contributed by atoms with van der Waals surface area (Å²) in [5.41, 5.74) is 7.52. The van der Waals surface area contributed by atoms with Crippen LogP contribution in [0.25, 0.3) is 10.9 Å². The van der Waals surface area contributed by atoms with E-state index in [4.69, 9.17) is 15.7 Å². The number of fused-ring (bicyclic) bond motifs is 1. The molecule has 0 saturated heterocycles. The molecule has 0 radical (unpaired) electrons. The van der Waals surface area contributed by atoms with E-state index in [9.17, 15) is 22.8 Å². The molecule has 1 aliphatic rings. The largest absolute Gasteiger partial charge is 0.416 e. The molecule has 0 spiro atoms. The van der Waals surface area contributed by atoms with Gasteiger partial charge in [-0.25, -0.2) is 9.97 Å². The molecule has 4 N–H and O–H groups in total. The maximum absolute atomic E-state index is 13.5. The summed E-state index contributed by atoms with van der Waals surface area (Å²) in [6.45, 7) is 1.76. The predicted octanol–water partition coefficient (Wildman–Crippen LogP) is 5.37. The molecule has 0 aliphatic heterocycles. The minimum atomic E-state index is -4.52. The van der Waals surface area contributed by atoms with E-state index in [0.717, 1.165) is 30.7 Å². The van der Waals surface area contributed by atoms with Gasteiger partial charge in [0.1, 0.15) is 11.6 Å². The summed E-state index contributed by atoms with van der Waals surface area (Å²) in [6.07, 6.45) is -1.02. The maximum atomic E-state index is 13.5.